The predicted octanol–water partition coefficient (Wildman–Crippen LogP) is 7.54. The number of phenols is 4. The molecule has 17 heteroatoms. The molecule has 0 saturated heterocycles. The molecule has 0 atom stereocenters. The van der Waals surface area contributed by atoms with Crippen LogP contribution in [0.5, 0.6) is 23.0 Å². The van der Waals surface area contributed by atoms with Crippen molar-refractivity contribution in [2.45, 2.75) is 12.8 Å². The number of nitrogens with zero attached hydrogens (tertiary/aromatic N) is 2. The molecule has 0 bridgehead atoms. The Morgan fingerprint density at radius 3 is 0.866 bits per heavy atom. The molecule has 8 rings (SSSR count). The van der Waals surface area contributed by atoms with E-state index in [0.717, 1.165) is 0 Å². The minimum absolute atomic E-state index is 0.0407. The summed E-state index contributed by atoms with van der Waals surface area (Å²) >= 11 is 0. The van der Waals surface area contributed by atoms with Crippen molar-refractivity contribution in [3.8, 4) is 23.0 Å². The van der Waals surface area contributed by atoms with Gasteiger partial charge in [0.2, 0.25) is 5.96 Å². The lowest BCUT2D eigenvalue weighted by atomic mass is 9.90. The summed E-state index contributed by atoms with van der Waals surface area (Å²) in [4.78, 5) is 51.4. The third-order valence-electron chi connectivity index (χ3n) is 10.8. The highest BCUT2D eigenvalue weighted by atomic mass is 16.4. The van der Waals surface area contributed by atoms with Crippen LogP contribution in [0.25, 0.3) is 43.1 Å². The van der Waals surface area contributed by atoms with Crippen molar-refractivity contribution in [2.75, 3.05) is 14.1 Å². The maximum absolute atomic E-state index is 11.6. The van der Waals surface area contributed by atoms with Gasteiger partial charge in [-0.15, -0.1) is 0 Å². The van der Waals surface area contributed by atoms with Crippen molar-refractivity contribution in [2.24, 2.45) is 16.5 Å². The summed E-state index contributed by atoms with van der Waals surface area (Å²) in [6, 6.07) is 33.6. The molecular formula is C50H43N5O12. The summed E-state index contributed by atoms with van der Waals surface area (Å²) in [7, 11) is 3.38. The Morgan fingerprint density at radius 1 is 0.463 bits per heavy atom. The van der Waals surface area contributed by atoms with Crippen LogP contribution in [0.1, 0.15) is 63.7 Å². The first kappa shape index (κ1) is 47.1. The number of carboxylic acids is 4. The van der Waals surface area contributed by atoms with Gasteiger partial charge in [0.05, 0.1) is 0 Å². The fraction of sp³-hybridized carbons (Fsp3) is 0.0800. The molecule has 0 heterocycles. The summed E-state index contributed by atoms with van der Waals surface area (Å²) in [5.41, 5.74) is 10.2. The molecule has 0 aliphatic heterocycles. The normalized spacial score (nSPS) is 10.7. The molecule has 8 aromatic carbocycles. The van der Waals surface area contributed by atoms with Gasteiger partial charge in [0.15, 0.2) is 5.96 Å². The fourth-order valence-electron chi connectivity index (χ4n) is 7.59. The van der Waals surface area contributed by atoms with Crippen LogP contribution in [-0.2, 0) is 12.8 Å². The van der Waals surface area contributed by atoms with E-state index in [1.54, 1.807) is 111 Å². The van der Waals surface area contributed by atoms with E-state index in [-0.39, 0.29) is 47.0 Å². The number of carboxylic acid groups (broad SMARTS) is 4. The number of benzene rings is 8. The third-order valence-corrected chi connectivity index (χ3v) is 10.8. The maximum Gasteiger partial charge on any atom is 0.339 e. The number of aromatic hydroxyl groups is 4. The van der Waals surface area contributed by atoms with E-state index >= 15 is 0 Å². The lowest BCUT2D eigenvalue weighted by molar-refractivity contribution is 0.0682. The minimum Gasteiger partial charge on any atom is -0.507 e. The second kappa shape index (κ2) is 19.6. The highest BCUT2D eigenvalue weighted by Crippen LogP contribution is 2.40. The molecule has 0 aromatic heterocycles. The van der Waals surface area contributed by atoms with Crippen LogP contribution in [-0.4, -0.2) is 95.6 Å². The highest BCUT2D eigenvalue weighted by Gasteiger charge is 2.24. The Morgan fingerprint density at radius 2 is 0.687 bits per heavy atom. The van der Waals surface area contributed by atoms with Crippen LogP contribution in [0.15, 0.2) is 126 Å². The van der Waals surface area contributed by atoms with Gasteiger partial charge >= 0.3 is 23.9 Å². The van der Waals surface area contributed by atoms with Gasteiger partial charge in [0.1, 0.15) is 45.3 Å². The van der Waals surface area contributed by atoms with E-state index in [0.29, 0.717) is 65.3 Å². The third kappa shape index (κ3) is 9.90. The molecule has 0 fully saturated rings. The van der Waals surface area contributed by atoms with Gasteiger partial charge < -0.3 is 57.2 Å². The van der Waals surface area contributed by atoms with E-state index in [2.05, 4.69) is 4.99 Å². The Labute approximate surface area is 380 Å². The number of rotatable bonds is 8. The topological polar surface area (TPSA) is 322 Å². The second-order valence-corrected chi connectivity index (χ2v) is 15.2. The maximum atomic E-state index is 11.6. The van der Waals surface area contributed by atoms with Gasteiger partial charge in [-0.1, -0.05) is 97.1 Å². The van der Waals surface area contributed by atoms with E-state index in [1.165, 1.54) is 29.2 Å². The smallest absolute Gasteiger partial charge is 0.339 e. The van der Waals surface area contributed by atoms with Gasteiger partial charge in [-0.3, -0.25) is 5.41 Å². The first-order valence-electron chi connectivity index (χ1n) is 20.0. The molecular weight excluding hydrogens is 863 g/mol. The zero-order valence-corrected chi connectivity index (χ0v) is 35.7. The number of hydrogen-bond donors (Lipinski definition) is 11. The van der Waals surface area contributed by atoms with Crippen LogP contribution in [0.2, 0.25) is 0 Å². The Kier molecular flexibility index (Phi) is 13.8. The summed E-state index contributed by atoms with van der Waals surface area (Å²) in [5, 5.41) is 92.6. The molecule has 17 nitrogen and oxygen atoms in total. The lowest BCUT2D eigenvalue weighted by Crippen LogP contribution is -2.28. The van der Waals surface area contributed by atoms with Crippen LogP contribution in [0.4, 0.5) is 0 Å². The molecule has 67 heavy (non-hydrogen) atoms. The number of fused-ring (bicyclic) bond motifs is 4. The van der Waals surface area contributed by atoms with Gasteiger partial charge in [-0.05, 0) is 67.4 Å². The van der Waals surface area contributed by atoms with Crippen molar-refractivity contribution in [1.82, 2.24) is 4.90 Å². The summed E-state index contributed by atoms with van der Waals surface area (Å²) in [5.74, 6) is -6.75. The highest BCUT2D eigenvalue weighted by molar-refractivity contribution is 6.04. The first-order valence-corrected chi connectivity index (χ1v) is 20.0. The summed E-state index contributed by atoms with van der Waals surface area (Å²) < 4.78 is 0. The van der Waals surface area contributed by atoms with Crippen molar-refractivity contribution >= 4 is 78.9 Å². The Bertz CT molecular complexity index is 2940. The fourth-order valence-corrected chi connectivity index (χ4v) is 7.59. The SMILES string of the molecule is CN(C)C(=N)N=C(N)N.O=C(O)c1cc2ccccc2c(Cc2c(O)c(C(=O)O)cc3ccccc23)c1O.O=C(O)c1cc2ccccc2c(Cc2c(O)c(C(=O)O)cc3ccccc23)c1O. The quantitative estimate of drug-likeness (QED) is 0.0518. The molecule has 8 aromatic rings. The minimum atomic E-state index is -1.28. The zero-order valence-electron chi connectivity index (χ0n) is 35.7. The molecule has 0 unspecified atom stereocenters. The average Bonchev–Trinajstić information content (AvgIpc) is 3.29. The van der Waals surface area contributed by atoms with Crippen molar-refractivity contribution in [1.29, 1.82) is 5.41 Å². The van der Waals surface area contributed by atoms with Crippen LogP contribution in [0, 0.1) is 5.41 Å². The van der Waals surface area contributed by atoms with Gasteiger partial charge in [0.25, 0.3) is 0 Å². The van der Waals surface area contributed by atoms with Gasteiger partial charge in [-0.2, -0.15) is 4.99 Å². The van der Waals surface area contributed by atoms with Crippen LogP contribution >= 0.6 is 0 Å². The number of aliphatic imine (C=N–C) groups is 1. The van der Waals surface area contributed by atoms with E-state index in [1.807, 2.05) is 0 Å². The number of guanidine groups is 2. The summed E-state index contributed by atoms with van der Waals surface area (Å²) in [6.07, 6.45) is -0.0815. The number of carbonyl (C=O) groups is 4. The molecule has 0 aliphatic carbocycles. The van der Waals surface area contributed by atoms with Gasteiger partial charge in [-0.25, -0.2) is 19.2 Å². The number of hydrogen-bond acceptors (Lipinski definition) is 9. The van der Waals surface area contributed by atoms with E-state index in [9.17, 15) is 60.0 Å². The number of nitrogens with one attached hydrogen (secondary N) is 1. The zero-order chi connectivity index (χ0) is 48.9. The monoisotopic (exact) mass is 905 g/mol. The lowest BCUT2D eigenvalue weighted by Gasteiger charge is -2.16. The molecule has 0 spiro atoms. The largest absolute Gasteiger partial charge is 0.507 e. The number of nitrogens with two attached hydrogens (primary N) is 2. The molecule has 13 N–H and O–H groups in total. The second-order valence-electron chi connectivity index (χ2n) is 15.2. The predicted molar refractivity (Wildman–Crippen MR) is 253 cm³/mol. The van der Waals surface area contributed by atoms with E-state index in [4.69, 9.17) is 16.9 Å². The van der Waals surface area contributed by atoms with Gasteiger partial charge in [0, 0.05) is 49.2 Å². The Balaban J connectivity index is 0.000000187. The molecule has 0 amide bonds. The van der Waals surface area contributed by atoms with Crippen molar-refractivity contribution in [3.63, 3.8) is 0 Å². The van der Waals surface area contributed by atoms with Crippen LogP contribution in [0.3, 0.4) is 0 Å². The molecule has 0 aliphatic rings. The standard InChI is InChI=1S/2C23H16O6.C4H11N5/c2*24-20-16(14-7-3-1-5-12(14)9-18(20)22(26)27)11-17-15-8-4-2-6-13(15)10-19(21(17)25)23(28)29;1-9(2)4(7)8-3(5)6/h2*1-10,24-25H,11H2,(H,26,27)(H,28,29);1-2H3,(H5,5,6,7,8). The molecule has 340 valence electrons. The average molecular weight is 906 g/mol. The Hall–Kier alpha value is -9.38. The van der Waals surface area contributed by atoms with Crippen molar-refractivity contribution < 1.29 is 60.0 Å². The number of aromatic carboxylic acids is 4. The van der Waals surface area contributed by atoms with Crippen LogP contribution < -0.4 is 11.5 Å². The van der Waals surface area contributed by atoms with Crippen molar-refractivity contribution in [3.05, 3.63) is 166 Å². The molecule has 0 radical (unpaired) electrons. The summed E-state index contributed by atoms with van der Waals surface area (Å²) in [6.45, 7) is 0. The first-order chi connectivity index (χ1) is 31.8. The van der Waals surface area contributed by atoms with E-state index < -0.39 is 46.9 Å². The molecule has 0 saturated carbocycles.